The number of hydrogen-bond donors (Lipinski definition) is 4. The molecule has 1 fully saturated rings. The largest absolute Gasteiger partial charge is 0.390 e. The van der Waals surface area contributed by atoms with Crippen molar-refractivity contribution in [1.29, 1.82) is 5.41 Å². The Kier molecular flexibility index (Phi) is 4.62. The Labute approximate surface area is 85.5 Å². The predicted octanol–water partition coefficient (Wildman–Crippen LogP) is 0.0662. The number of rotatable bonds is 6. The number of hydrogen-bond acceptors (Lipinski definition) is 4. The Balaban J connectivity index is 2.27. The lowest BCUT2D eigenvalue weighted by atomic mass is 10.0. The first-order valence-corrected chi connectivity index (χ1v) is 5.18. The van der Waals surface area contributed by atoms with Crippen molar-refractivity contribution in [3.8, 4) is 0 Å². The summed E-state index contributed by atoms with van der Waals surface area (Å²) in [6.07, 6.45) is 4.08. The van der Waals surface area contributed by atoms with Crippen LogP contribution in [0.15, 0.2) is 11.8 Å². The van der Waals surface area contributed by atoms with Gasteiger partial charge >= 0.3 is 0 Å². The molecule has 0 saturated carbocycles. The van der Waals surface area contributed by atoms with Crippen molar-refractivity contribution < 1.29 is 0 Å². The molecule has 14 heavy (non-hydrogen) atoms. The highest BCUT2D eigenvalue weighted by Gasteiger charge is 2.15. The second kappa shape index (κ2) is 5.78. The summed E-state index contributed by atoms with van der Waals surface area (Å²) in [6.45, 7) is 5.19. The smallest absolute Gasteiger partial charge is 0.0321 e. The van der Waals surface area contributed by atoms with E-state index in [1.54, 1.807) is 0 Å². The first-order valence-electron chi connectivity index (χ1n) is 5.18. The van der Waals surface area contributed by atoms with Gasteiger partial charge in [0.05, 0.1) is 0 Å². The van der Waals surface area contributed by atoms with Gasteiger partial charge in [0.15, 0.2) is 0 Å². The Bertz CT molecular complexity index is 208. The lowest BCUT2D eigenvalue weighted by Gasteiger charge is -2.27. The molecule has 0 amide bonds. The molecule has 1 aliphatic rings. The third kappa shape index (κ3) is 3.12. The van der Waals surface area contributed by atoms with E-state index < -0.39 is 0 Å². The normalized spacial score (nSPS) is 20.0. The molecule has 0 bridgehead atoms. The van der Waals surface area contributed by atoms with E-state index in [0.29, 0.717) is 0 Å². The van der Waals surface area contributed by atoms with E-state index >= 15 is 0 Å². The zero-order chi connectivity index (χ0) is 10.4. The topological polar surface area (TPSA) is 73.9 Å². The van der Waals surface area contributed by atoms with Crippen LogP contribution in [0.2, 0.25) is 0 Å². The Morgan fingerprint density at radius 3 is 2.86 bits per heavy atom. The minimum Gasteiger partial charge on any atom is -0.390 e. The molecule has 1 aliphatic heterocycles. The van der Waals surface area contributed by atoms with E-state index in [2.05, 4.69) is 10.6 Å². The monoisotopic (exact) mass is 196 g/mol. The maximum atomic E-state index is 7.21. The maximum absolute atomic E-state index is 7.21. The third-order valence-electron chi connectivity index (χ3n) is 2.58. The molecule has 1 heterocycles. The molecule has 5 N–H and O–H groups in total. The Morgan fingerprint density at radius 2 is 2.43 bits per heavy atom. The van der Waals surface area contributed by atoms with Gasteiger partial charge in [0.2, 0.25) is 0 Å². The highest BCUT2D eigenvalue weighted by Crippen LogP contribution is 2.02. The zero-order valence-electron chi connectivity index (χ0n) is 8.72. The quantitative estimate of drug-likeness (QED) is 0.454. The van der Waals surface area contributed by atoms with Crippen LogP contribution in [0.1, 0.15) is 13.3 Å². The van der Waals surface area contributed by atoms with Gasteiger partial charge in [-0.15, -0.1) is 0 Å². The maximum Gasteiger partial charge on any atom is 0.0321 e. The average molecular weight is 196 g/mol. The van der Waals surface area contributed by atoms with Crippen molar-refractivity contribution in [2.24, 2.45) is 11.7 Å². The third-order valence-corrected chi connectivity index (χ3v) is 2.58. The molecule has 4 heteroatoms. The fourth-order valence-corrected chi connectivity index (χ4v) is 1.33. The number of nitrogens with two attached hydrogens (primary N) is 1. The van der Waals surface area contributed by atoms with Crippen LogP contribution < -0.4 is 16.4 Å². The van der Waals surface area contributed by atoms with Gasteiger partial charge in [-0.25, -0.2) is 0 Å². The molecule has 0 aromatic heterocycles. The molecule has 0 spiro atoms. The SMILES string of the molecule is CCC(N)/C(C=N)=C/NCC1CNC1. The van der Waals surface area contributed by atoms with Crippen molar-refractivity contribution in [3.05, 3.63) is 11.8 Å². The first-order chi connectivity index (χ1) is 6.77. The van der Waals surface area contributed by atoms with Crippen LogP contribution in [-0.2, 0) is 0 Å². The van der Waals surface area contributed by atoms with Crippen molar-refractivity contribution >= 4 is 6.21 Å². The molecule has 0 aliphatic carbocycles. The molecular weight excluding hydrogens is 176 g/mol. The summed E-state index contributed by atoms with van der Waals surface area (Å²) in [5.74, 6) is 0.732. The summed E-state index contributed by atoms with van der Waals surface area (Å²) in [4.78, 5) is 0. The first kappa shape index (κ1) is 11.2. The van der Waals surface area contributed by atoms with Crippen molar-refractivity contribution in [1.82, 2.24) is 10.6 Å². The molecule has 4 nitrogen and oxygen atoms in total. The van der Waals surface area contributed by atoms with Crippen LogP contribution in [-0.4, -0.2) is 31.9 Å². The molecule has 0 aromatic carbocycles. The van der Waals surface area contributed by atoms with E-state index in [4.69, 9.17) is 11.1 Å². The number of nitrogens with one attached hydrogen (secondary N) is 3. The molecule has 0 radical (unpaired) electrons. The van der Waals surface area contributed by atoms with Crippen molar-refractivity contribution in [3.63, 3.8) is 0 Å². The lowest BCUT2D eigenvalue weighted by molar-refractivity contribution is 0.343. The highest BCUT2D eigenvalue weighted by molar-refractivity contribution is 5.77. The van der Waals surface area contributed by atoms with Gasteiger partial charge in [0, 0.05) is 49.6 Å². The van der Waals surface area contributed by atoms with E-state index in [1.807, 2.05) is 13.1 Å². The second-order valence-corrected chi connectivity index (χ2v) is 3.74. The Hall–Kier alpha value is -0.870. The van der Waals surface area contributed by atoms with Crippen LogP contribution in [0.4, 0.5) is 0 Å². The van der Waals surface area contributed by atoms with Gasteiger partial charge in [-0.05, 0) is 6.42 Å². The summed E-state index contributed by atoms with van der Waals surface area (Å²) >= 11 is 0. The summed E-state index contributed by atoms with van der Waals surface area (Å²) in [7, 11) is 0. The fourth-order valence-electron chi connectivity index (χ4n) is 1.33. The molecule has 1 rings (SSSR count). The summed E-state index contributed by atoms with van der Waals surface area (Å²) in [5, 5.41) is 13.6. The zero-order valence-corrected chi connectivity index (χ0v) is 8.72. The van der Waals surface area contributed by atoms with Gasteiger partial charge in [-0.1, -0.05) is 6.92 Å². The van der Waals surface area contributed by atoms with Gasteiger partial charge in [-0.3, -0.25) is 0 Å². The summed E-state index contributed by atoms with van der Waals surface area (Å²) < 4.78 is 0. The molecule has 0 aromatic rings. The lowest BCUT2D eigenvalue weighted by Crippen LogP contribution is -2.46. The molecule has 1 atom stereocenters. The van der Waals surface area contributed by atoms with Crippen LogP contribution in [0.5, 0.6) is 0 Å². The van der Waals surface area contributed by atoms with Crippen LogP contribution in [0.25, 0.3) is 0 Å². The van der Waals surface area contributed by atoms with Gasteiger partial charge in [0.1, 0.15) is 0 Å². The van der Waals surface area contributed by atoms with Crippen LogP contribution >= 0.6 is 0 Å². The average Bonchev–Trinajstić information content (AvgIpc) is 2.14. The van der Waals surface area contributed by atoms with Crippen LogP contribution in [0, 0.1) is 11.3 Å². The molecule has 80 valence electrons. The van der Waals surface area contributed by atoms with Crippen molar-refractivity contribution in [2.45, 2.75) is 19.4 Å². The summed E-state index contributed by atoms with van der Waals surface area (Å²) in [6, 6.07) is -0.0143. The van der Waals surface area contributed by atoms with Gasteiger partial charge in [0.25, 0.3) is 0 Å². The van der Waals surface area contributed by atoms with Gasteiger partial charge in [-0.2, -0.15) is 0 Å². The minimum absolute atomic E-state index is 0.0143. The second-order valence-electron chi connectivity index (χ2n) is 3.74. The predicted molar refractivity (Wildman–Crippen MR) is 59.5 cm³/mol. The summed E-state index contributed by atoms with van der Waals surface area (Å²) in [5.41, 5.74) is 6.69. The van der Waals surface area contributed by atoms with E-state index in [-0.39, 0.29) is 6.04 Å². The van der Waals surface area contributed by atoms with Crippen LogP contribution in [0.3, 0.4) is 0 Å². The Morgan fingerprint density at radius 1 is 1.71 bits per heavy atom. The highest BCUT2D eigenvalue weighted by atomic mass is 15.0. The minimum atomic E-state index is -0.0143. The van der Waals surface area contributed by atoms with Crippen molar-refractivity contribution in [2.75, 3.05) is 19.6 Å². The van der Waals surface area contributed by atoms with E-state index in [9.17, 15) is 0 Å². The molecule has 1 saturated heterocycles. The fraction of sp³-hybridized carbons (Fsp3) is 0.700. The molecular formula is C10H20N4. The standard InChI is InChI=1S/C10H20N4/c1-2-10(12)9(3-11)7-14-6-8-4-13-5-8/h3,7-8,10-11,13-14H,2,4-6,12H2,1H3/b9-7+,11-3?. The van der Waals surface area contributed by atoms with E-state index in [0.717, 1.165) is 37.5 Å². The van der Waals surface area contributed by atoms with Gasteiger partial charge < -0.3 is 21.8 Å². The molecule has 1 unspecified atom stereocenters. The van der Waals surface area contributed by atoms with E-state index in [1.165, 1.54) is 6.21 Å².